The highest BCUT2D eigenvalue weighted by atomic mass is 32.2. The van der Waals surface area contributed by atoms with E-state index in [0.717, 1.165) is 15.5 Å². The number of carbonyl (C=O) groups excluding carboxylic acids is 1. The van der Waals surface area contributed by atoms with Crippen LogP contribution in [0.2, 0.25) is 0 Å². The molecule has 144 valence electrons. The first-order valence-corrected chi connectivity index (χ1v) is 9.41. The van der Waals surface area contributed by atoms with E-state index in [1.165, 1.54) is 21.3 Å². The topological polar surface area (TPSA) is 56.8 Å². The normalized spacial score (nSPS) is 10.2. The third-order valence-corrected chi connectivity index (χ3v) is 5.12. The van der Waals surface area contributed by atoms with E-state index in [2.05, 4.69) is 5.32 Å². The summed E-state index contributed by atoms with van der Waals surface area (Å²) in [4.78, 5) is 14.9. The van der Waals surface area contributed by atoms with Crippen molar-refractivity contribution in [1.82, 2.24) is 0 Å². The van der Waals surface area contributed by atoms with Gasteiger partial charge in [0.2, 0.25) is 5.75 Å². The van der Waals surface area contributed by atoms with E-state index in [1.54, 1.807) is 23.9 Å². The summed E-state index contributed by atoms with van der Waals surface area (Å²) in [5, 5.41) is 2.98. The second-order valence-corrected chi connectivity index (χ2v) is 6.89. The Hall–Kier alpha value is -3.12. The second kappa shape index (κ2) is 9.19. The highest BCUT2D eigenvalue weighted by Crippen LogP contribution is 2.39. The van der Waals surface area contributed by atoms with Gasteiger partial charge in [-0.3, -0.25) is 4.79 Å². The first-order valence-electron chi connectivity index (χ1n) is 8.59. The van der Waals surface area contributed by atoms with E-state index in [0.29, 0.717) is 22.8 Å². The molecule has 0 bridgehead atoms. The number of para-hydroxylation sites is 1. The Morgan fingerprint density at radius 1 is 0.821 bits per heavy atom. The van der Waals surface area contributed by atoms with Gasteiger partial charge < -0.3 is 19.5 Å². The van der Waals surface area contributed by atoms with Crippen LogP contribution in [0.25, 0.3) is 0 Å². The zero-order chi connectivity index (χ0) is 19.9. The average molecular weight is 395 g/mol. The molecule has 0 atom stereocenters. The maximum atomic E-state index is 12.9. The Kier molecular flexibility index (Phi) is 6.45. The largest absolute Gasteiger partial charge is 0.493 e. The monoisotopic (exact) mass is 395 g/mol. The molecule has 0 heterocycles. The minimum atomic E-state index is -0.264. The lowest BCUT2D eigenvalue weighted by atomic mass is 10.1. The number of rotatable bonds is 7. The fourth-order valence-electron chi connectivity index (χ4n) is 2.68. The van der Waals surface area contributed by atoms with Crippen LogP contribution < -0.4 is 19.5 Å². The fraction of sp³-hybridized carbons (Fsp3) is 0.136. The molecule has 6 heteroatoms. The van der Waals surface area contributed by atoms with Crippen molar-refractivity contribution >= 4 is 23.4 Å². The molecule has 0 saturated carbocycles. The number of benzene rings is 3. The predicted octanol–water partition coefficient (Wildman–Crippen LogP) is 5.12. The van der Waals surface area contributed by atoms with Crippen LogP contribution in [0, 0.1) is 0 Å². The molecule has 0 aliphatic rings. The summed E-state index contributed by atoms with van der Waals surface area (Å²) in [5.41, 5.74) is 1.14. The molecule has 0 unspecified atom stereocenters. The van der Waals surface area contributed by atoms with Gasteiger partial charge >= 0.3 is 0 Å². The summed E-state index contributed by atoms with van der Waals surface area (Å²) in [7, 11) is 4.56. The lowest BCUT2D eigenvalue weighted by molar-refractivity contribution is 0.102. The summed E-state index contributed by atoms with van der Waals surface area (Å²) < 4.78 is 16.0. The number of amides is 1. The van der Waals surface area contributed by atoms with Gasteiger partial charge in [0, 0.05) is 15.4 Å². The van der Waals surface area contributed by atoms with Gasteiger partial charge in [-0.1, -0.05) is 42.1 Å². The second-order valence-electron chi connectivity index (χ2n) is 5.78. The van der Waals surface area contributed by atoms with Gasteiger partial charge in [-0.2, -0.15) is 0 Å². The zero-order valence-electron chi connectivity index (χ0n) is 15.9. The third-order valence-electron chi connectivity index (χ3n) is 4.03. The first-order chi connectivity index (χ1) is 13.7. The van der Waals surface area contributed by atoms with E-state index in [9.17, 15) is 4.79 Å². The van der Waals surface area contributed by atoms with Gasteiger partial charge in [-0.25, -0.2) is 0 Å². The standard InChI is InChI=1S/C22H21NO4S/c1-25-18-13-15(14-19(26-2)21(18)27-3)22(24)23-17-11-7-8-12-20(17)28-16-9-5-4-6-10-16/h4-14H,1-3H3,(H,23,24). The van der Waals surface area contributed by atoms with Crippen LogP contribution in [0.3, 0.4) is 0 Å². The minimum absolute atomic E-state index is 0.264. The molecule has 0 saturated heterocycles. The molecule has 0 radical (unpaired) electrons. The van der Waals surface area contributed by atoms with Gasteiger partial charge in [0.1, 0.15) is 0 Å². The van der Waals surface area contributed by atoms with Crippen LogP contribution in [0.1, 0.15) is 10.4 Å². The number of carbonyl (C=O) groups is 1. The molecule has 0 aliphatic carbocycles. The first kappa shape index (κ1) is 19.6. The maximum Gasteiger partial charge on any atom is 0.255 e. The molecule has 3 aromatic rings. The zero-order valence-corrected chi connectivity index (χ0v) is 16.7. The smallest absolute Gasteiger partial charge is 0.255 e. The third kappa shape index (κ3) is 4.40. The van der Waals surface area contributed by atoms with Crippen molar-refractivity contribution in [3.8, 4) is 17.2 Å². The van der Waals surface area contributed by atoms with Crippen LogP contribution in [-0.2, 0) is 0 Å². The lowest BCUT2D eigenvalue weighted by Gasteiger charge is -2.15. The summed E-state index contributed by atoms with van der Waals surface area (Å²) in [5.74, 6) is 1.04. The number of hydrogen-bond donors (Lipinski definition) is 1. The molecule has 0 spiro atoms. The molecule has 5 nitrogen and oxygen atoms in total. The van der Waals surface area contributed by atoms with E-state index >= 15 is 0 Å². The number of anilines is 1. The van der Waals surface area contributed by atoms with Gasteiger partial charge in [0.05, 0.1) is 27.0 Å². The van der Waals surface area contributed by atoms with Crippen molar-refractivity contribution in [1.29, 1.82) is 0 Å². The van der Waals surface area contributed by atoms with Crippen molar-refractivity contribution in [2.45, 2.75) is 9.79 Å². The van der Waals surface area contributed by atoms with Gasteiger partial charge in [0.15, 0.2) is 11.5 Å². The Morgan fingerprint density at radius 3 is 2.04 bits per heavy atom. The minimum Gasteiger partial charge on any atom is -0.493 e. The van der Waals surface area contributed by atoms with Crippen LogP contribution in [0.4, 0.5) is 5.69 Å². The highest BCUT2D eigenvalue weighted by molar-refractivity contribution is 7.99. The van der Waals surface area contributed by atoms with Crippen molar-refractivity contribution < 1.29 is 19.0 Å². The van der Waals surface area contributed by atoms with Gasteiger partial charge in [0.25, 0.3) is 5.91 Å². The Bertz CT molecular complexity index is 935. The molecular weight excluding hydrogens is 374 g/mol. The Morgan fingerprint density at radius 2 is 1.43 bits per heavy atom. The summed E-state index contributed by atoms with van der Waals surface area (Å²) in [6, 6.07) is 20.9. The van der Waals surface area contributed by atoms with E-state index in [-0.39, 0.29) is 5.91 Å². The van der Waals surface area contributed by atoms with E-state index < -0.39 is 0 Å². The molecule has 1 amide bonds. The average Bonchev–Trinajstić information content (AvgIpc) is 2.74. The Labute approximate surface area is 168 Å². The van der Waals surface area contributed by atoms with E-state index in [4.69, 9.17) is 14.2 Å². The quantitative estimate of drug-likeness (QED) is 0.602. The maximum absolute atomic E-state index is 12.9. The number of ether oxygens (including phenoxy) is 3. The number of methoxy groups -OCH3 is 3. The fourth-order valence-corrected chi connectivity index (χ4v) is 3.60. The van der Waals surface area contributed by atoms with Crippen LogP contribution in [-0.4, -0.2) is 27.2 Å². The summed E-state index contributed by atoms with van der Waals surface area (Å²) >= 11 is 1.59. The lowest BCUT2D eigenvalue weighted by Crippen LogP contribution is -2.13. The van der Waals surface area contributed by atoms with Gasteiger partial charge in [-0.05, 0) is 36.4 Å². The summed E-state index contributed by atoms with van der Waals surface area (Å²) in [6.45, 7) is 0. The van der Waals surface area contributed by atoms with Crippen LogP contribution >= 0.6 is 11.8 Å². The molecule has 0 fully saturated rings. The molecule has 0 aromatic heterocycles. The SMILES string of the molecule is COc1cc(C(=O)Nc2ccccc2Sc2ccccc2)cc(OC)c1OC. The molecular formula is C22H21NO4S. The highest BCUT2D eigenvalue weighted by Gasteiger charge is 2.18. The number of nitrogens with one attached hydrogen (secondary N) is 1. The van der Waals surface area contributed by atoms with Crippen molar-refractivity contribution in [3.63, 3.8) is 0 Å². The van der Waals surface area contributed by atoms with Crippen molar-refractivity contribution in [2.24, 2.45) is 0 Å². The summed E-state index contributed by atoms with van der Waals surface area (Å²) in [6.07, 6.45) is 0. The van der Waals surface area contributed by atoms with Crippen molar-refractivity contribution in [2.75, 3.05) is 26.6 Å². The van der Waals surface area contributed by atoms with Gasteiger partial charge in [-0.15, -0.1) is 0 Å². The molecule has 0 aliphatic heterocycles. The molecule has 28 heavy (non-hydrogen) atoms. The van der Waals surface area contributed by atoms with Crippen LogP contribution in [0.15, 0.2) is 76.5 Å². The van der Waals surface area contributed by atoms with E-state index in [1.807, 2.05) is 54.6 Å². The Balaban J connectivity index is 1.88. The van der Waals surface area contributed by atoms with Crippen molar-refractivity contribution in [3.05, 3.63) is 72.3 Å². The molecule has 1 N–H and O–H groups in total. The molecule has 3 rings (SSSR count). The predicted molar refractivity (Wildman–Crippen MR) is 111 cm³/mol. The van der Waals surface area contributed by atoms with Crippen LogP contribution in [0.5, 0.6) is 17.2 Å². The molecule has 3 aromatic carbocycles. The number of hydrogen-bond acceptors (Lipinski definition) is 5.